The van der Waals surface area contributed by atoms with E-state index in [1.54, 1.807) is 11.1 Å². The summed E-state index contributed by atoms with van der Waals surface area (Å²) in [6.07, 6.45) is 3.98. The summed E-state index contributed by atoms with van der Waals surface area (Å²) in [6.45, 7) is 2.82. The lowest BCUT2D eigenvalue weighted by Gasteiger charge is -2.36. The third-order valence-electron chi connectivity index (χ3n) is 5.63. The molecule has 176 valence electrons. The lowest BCUT2D eigenvalue weighted by molar-refractivity contribution is -0.117. The largest absolute Gasteiger partial charge is 0.374 e. The number of nitrogens with zero attached hydrogens (tertiary/aromatic N) is 4. The molecule has 6 nitrogen and oxygen atoms in total. The van der Waals surface area contributed by atoms with E-state index in [0.717, 1.165) is 42.3 Å². The van der Waals surface area contributed by atoms with Gasteiger partial charge < -0.3 is 14.5 Å². The van der Waals surface area contributed by atoms with E-state index < -0.39 is 17.5 Å². The summed E-state index contributed by atoms with van der Waals surface area (Å²) in [4.78, 5) is 24.7. The highest BCUT2D eigenvalue weighted by Crippen LogP contribution is 2.35. The molecule has 1 aliphatic heterocycles. The summed E-state index contributed by atoms with van der Waals surface area (Å²) in [5.41, 5.74) is 1.000. The number of hydrogen-bond acceptors (Lipinski definition) is 5. The third kappa shape index (κ3) is 5.03. The highest BCUT2D eigenvalue weighted by molar-refractivity contribution is 6.01. The Morgan fingerprint density at radius 2 is 1.81 bits per heavy atom. The van der Waals surface area contributed by atoms with Crippen LogP contribution < -0.4 is 9.80 Å². The maximum atomic E-state index is 13.3. The summed E-state index contributed by atoms with van der Waals surface area (Å²) >= 11 is 0. The number of halogens is 3. The van der Waals surface area contributed by atoms with Gasteiger partial charge in [0, 0.05) is 20.0 Å². The number of ether oxygens (including phenoxy) is 1. The van der Waals surface area contributed by atoms with Crippen LogP contribution in [-0.2, 0) is 22.6 Å². The monoisotopic (exact) mass is 452 g/mol. The number of likely N-dealkylation sites (N-methyl/N-ethyl adjacent to an activating group) is 2. The molecule has 1 fully saturated rings. The van der Waals surface area contributed by atoms with Crippen molar-refractivity contribution < 1.29 is 22.7 Å². The van der Waals surface area contributed by atoms with Crippen molar-refractivity contribution in [2.75, 3.05) is 29.9 Å². The molecule has 1 amide bonds. The molecular formula is C23H31F3N4O2. The molecule has 2 heterocycles. The Morgan fingerprint density at radius 1 is 1.16 bits per heavy atom. The lowest BCUT2D eigenvalue weighted by atomic mass is 9.80. The molecule has 1 aromatic heterocycles. The molecular weight excluding hydrogens is 421 g/mol. The predicted molar refractivity (Wildman–Crippen MR) is 118 cm³/mol. The van der Waals surface area contributed by atoms with Gasteiger partial charge in [0.2, 0.25) is 5.91 Å². The first-order valence-electron chi connectivity index (χ1n) is 9.98. The normalized spacial score (nSPS) is 19.6. The van der Waals surface area contributed by atoms with Crippen LogP contribution in [0.15, 0.2) is 18.3 Å². The van der Waals surface area contributed by atoms with E-state index in [2.05, 4.69) is 9.97 Å². The molecule has 0 spiro atoms. The Hall–Kier alpha value is -2.68. The third-order valence-corrected chi connectivity index (χ3v) is 5.63. The van der Waals surface area contributed by atoms with E-state index in [1.807, 2.05) is 18.9 Å². The molecule has 2 aromatic rings. The maximum absolute atomic E-state index is 13.3. The second kappa shape index (κ2) is 10.3. The highest BCUT2D eigenvalue weighted by Gasteiger charge is 2.32. The molecule has 2 aliphatic rings. The number of amides is 1. The number of rotatable bonds is 6. The van der Waals surface area contributed by atoms with Crippen LogP contribution in [0.2, 0.25) is 0 Å². The smallest absolute Gasteiger partial charge is 0.246 e. The number of fused-ring (bicyclic) bond motifs is 1. The molecule has 0 N–H and O–H groups in total. The number of anilines is 2. The van der Waals surface area contributed by atoms with Gasteiger partial charge in [0.05, 0.1) is 25.5 Å². The molecule has 9 heteroatoms. The van der Waals surface area contributed by atoms with E-state index >= 15 is 0 Å². The van der Waals surface area contributed by atoms with Crippen molar-refractivity contribution in [3.8, 4) is 0 Å². The van der Waals surface area contributed by atoms with Crippen molar-refractivity contribution in [1.29, 1.82) is 0 Å². The fourth-order valence-corrected chi connectivity index (χ4v) is 3.96. The molecule has 4 rings (SSSR count). The van der Waals surface area contributed by atoms with Crippen LogP contribution in [-0.4, -0.2) is 42.1 Å². The van der Waals surface area contributed by atoms with E-state index in [-0.39, 0.29) is 39.0 Å². The molecule has 0 radical (unpaired) electrons. The SMILES string of the molecule is C.C.CCN1C(=O)CN(C)c2nc(CC3CC(OCc4cc(F)c(F)c(F)c4)C3)ncc21. The standard InChI is InChI=1S/C21H23F3N4O2.2CH4/c1-3-28-17-9-25-18(26-21(17)27(2)10-19(28)29)8-12-4-14(5-12)30-11-13-6-15(22)20(24)16(23)7-13;;/h6-7,9,12,14H,3-5,8,10-11H2,1-2H3;2*1H4. The minimum absolute atomic E-state index is 0. The lowest BCUT2D eigenvalue weighted by Crippen LogP contribution is -2.45. The van der Waals surface area contributed by atoms with Gasteiger partial charge in [-0.25, -0.2) is 23.1 Å². The average Bonchev–Trinajstić information content (AvgIpc) is 2.68. The van der Waals surface area contributed by atoms with E-state index in [4.69, 9.17) is 4.74 Å². The second-order valence-electron chi connectivity index (χ2n) is 7.84. The first-order valence-corrected chi connectivity index (χ1v) is 9.98. The predicted octanol–water partition coefficient (Wildman–Crippen LogP) is 4.51. The number of aromatic nitrogens is 2. The van der Waals surface area contributed by atoms with Gasteiger partial charge in [-0.1, -0.05) is 14.9 Å². The van der Waals surface area contributed by atoms with Crippen LogP contribution >= 0.6 is 0 Å². The van der Waals surface area contributed by atoms with Gasteiger partial charge in [-0.05, 0) is 43.4 Å². The van der Waals surface area contributed by atoms with Gasteiger partial charge >= 0.3 is 0 Å². The number of benzene rings is 1. The topological polar surface area (TPSA) is 58.6 Å². The van der Waals surface area contributed by atoms with Crippen LogP contribution in [0.25, 0.3) is 0 Å². The molecule has 32 heavy (non-hydrogen) atoms. The van der Waals surface area contributed by atoms with Gasteiger partial charge in [0.15, 0.2) is 23.3 Å². The Balaban J connectivity index is 0.00000181. The summed E-state index contributed by atoms with van der Waals surface area (Å²) in [5, 5.41) is 0. The van der Waals surface area contributed by atoms with E-state index in [1.165, 1.54) is 0 Å². The van der Waals surface area contributed by atoms with Gasteiger partial charge in [-0.2, -0.15) is 0 Å². The van der Waals surface area contributed by atoms with Crippen molar-refractivity contribution in [3.63, 3.8) is 0 Å². The minimum atomic E-state index is -1.47. The number of carbonyl (C=O) groups is 1. The number of hydrogen-bond donors (Lipinski definition) is 0. The van der Waals surface area contributed by atoms with Gasteiger partial charge in [0.25, 0.3) is 0 Å². The zero-order valence-corrected chi connectivity index (χ0v) is 16.9. The fraction of sp³-hybridized carbons (Fsp3) is 0.522. The van der Waals surface area contributed by atoms with Crippen LogP contribution in [0.3, 0.4) is 0 Å². The summed E-state index contributed by atoms with van der Waals surface area (Å²) in [5.74, 6) is -2.03. The first kappa shape index (κ1) is 25.6. The fourth-order valence-electron chi connectivity index (χ4n) is 3.96. The summed E-state index contributed by atoms with van der Waals surface area (Å²) in [7, 11) is 1.84. The maximum Gasteiger partial charge on any atom is 0.246 e. The molecule has 0 unspecified atom stereocenters. The van der Waals surface area contributed by atoms with Crippen molar-refractivity contribution in [1.82, 2.24) is 9.97 Å². The molecule has 1 aromatic carbocycles. The Labute approximate surface area is 187 Å². The van der Waals surface area contributed by atoms with Crippen molar-refractivity contribution in [2.45, 2.75) is 53.8 Å². The Bertz CT molecular complexity index is 943. The summed E-state index contributed by atoms with van der Waals surface area (Å²) < 4.78 is 45.2. The van der Waals surface area contributed by atoms with Crippen LogP contribution in [0.5, 0.6) is 0 Å². The quantitative estimate of drug-likeness (QED) is 0.604. The second-order valence-corrected chi connectivity index (χ2v) is 7.84. The zero-order chi connectivity index (χ0) is 21.4. The van der Waals surface area contributed by atoms with E-state index in [0.29, 0.717) is 25.4 Å². The van der Waals surface area contributed by atoms with Crippen LogP contribution in [0.1, 0.15) is 46.0 Å². The highest BCUT2D eigenvalue weighted by atomic mass is 19.2. The average molecular weight is 453 g/mol. The zero-order valence-electron chi connectivity index (χ0n) is 16.9. The first-order chi connectivity index (χ1) is 14.4. The van der Waals surface area contributed by atoms with Crippen molar-refractivity contribution in [3.05, 3.63) is 47.2 Å². The Kier molecular flexibility index (Phi) is 8.23. The van der Waals surface area contributed by atoms with Crippen LogP contribution in [0.4, 0.5) is 24.7 Å². The van der Waals surface area contributed by atoms with E-state index in [9.17, 15) is 18.0 Å². The molecule has 0 bridgehead atoms. The molecule has 1 aliphatic carbocycles. The van der Waals surface area contributed by atoms with Gasteiger partial charge in [-0.3, -0.25) is 4.79 Å². The van der Waals surface area contributed by atoms with Gasteiger partial charge in [-0.15, -0.1) is 0 Å². The molecule has 1 saturated carbocycles. The number of carbonyl (C=O) groups excluding carboxylic acids is 1. The molecule has 0 saturated heterocycles. The van der Waals surface area contributed by atoms with Gasteiger partial charge in [0.1, 0.15) is 11.5 Å². The minimum Gasteiger partial charge on any atom is -0.374 e. The van der Waals surface area contributed by atoms with Crippen molar-refractivity contribution >= 4 is 17.4 Å². The van der Waals surface area contributed by atoms with Crippen LogP contribution in [0, 0.1) is 23.4 Å². The molecule has 0 atom stereocenters. The van der Waals surface area contributed by atoms with Crippen molar-refractivity contribution in [2.24, 2.45) is 5.92 Å². The Morgan fingerprint density at radius 3 is 2.44 bits per heavy atom. The summed E-state index contributed by atoms with van der Waals surface area (Å²) in [6, 6.07) is 1.91.